The van der Waals surface area contributed by atoms with Gasteiger partial charge in [-0.3, -0.25) is 14.7 Å². The minimum absolute atomic E-state index is 0.215. The molecular weight excluding hydrogens is 300 g/mol. The Hall–Kier alpha value is -2.98. The average molecular weight is 316 g/mol. The fourth-order valence-corrected chi connectivity index (χ4v) is 3.24. The molecule has 2 heterocycles. The lowest BCUT2D eigenvalue weighted by atomic mass is 9.94. The second-order valence-electron chi connectivity index (χ2n) is 5.84. The maximum absolute atomic E-state index is 12.9. The molecule has 0 aliphatic carbocycles. The average Bonchev–Trinajstić information content (AvgIpc) is 2.87. The second-order valence-corrected chi connectivity index (χ2v) is 5.84. The number of amides is 1. The van der Waals surface area contributed by atoms with Crippen LogP contribution in [0.3, 0.4) is 0 Å². The van der Waals surface area contributed by atoms with Gasteiger partial charge in [0.1, 0.15) is 0 Å². The molecule has 1 aliphatic rings. The summed E-state index contributed by atoms with van der Waals surface area (Å²) in [6.07, 6.45) is 3.13. The van der Waals surface area contributed by atoms with Crippen LogP contribution >= 0.6 is 0 Å². The van der Waals surface area contributed by atoms with Gasteiger partial charge in [0, 0.05) is 30.1 Å². The van der Waals surface area contributed by atoms with E-state index in [4.69, 9.17) is 0 Å². The van der Waals surface area contributed by atoms with E-state index >= 15 is 0 Å². The maximum atomic E-state index is 12.9. The van der Waals surface area contributed by atoms with Crippen molar-refractivity contribution in [2.75, 3.05) is 0 Å². The molecule has 118 valence electrons. The summed E-state index contributed by atoms with van der Waals surface area (Å²) < 4.78 is 0. The molecule has 2 aromatic carbocycles. The molecule has 0 saturated heterocycles. The quantitative estimate of drug-likeness (QED) is 0.808. The molecule has 0 saturated carbocycles. The van der Waals surface area contributed by atoms with Gasteiger partial charge >= 0.3 is 0 Å². The minimum Gasteiger partial charge on any atom is -0.363 e. The van der Waals surface area contributed by atoms with Gasteiger partial charge in [0.15, 0.2) is 5.72 Å². The van der Waals surface area contributed by atoms with Crippen LogP contribution in [0, 0.1) is 0 Å². The van der Waals surface area contributed by atoms with E-state index in [1.165, 1.54) is 11.1 Å². The standard InChI is InChI=1S/C20H16N2O2/c23-19-17-13-21-12-11-18(17)20(24,16-9-5-2-6-10-16)22(19)14-15-7-3-1-4-8-15/h1-13,24H,14H2/t20-/m0/s1. The van der Waals surface area contributed by atoms with Crippen LogP contribution in [0.5, 0.6) is 0 Å². The number of benzene rings is 2. The van der Waals surface area contributed by atoms with Gasteiger partial charge in [-0.15, -0.1) is 0 Å². The molecule has 0 bridgehead atoms. The van der Waals surface area contributed by atoms with Crippen molar-refractivity contribution in [1.29, 1.82) is 0 Å². The van der Waals surface area contributed by atoms with Crippen molar-refractivity contribution in [3.05, 3.63) is 101 Å². The van der Waals surface area contributed by atoms with Gasteiger partial charge in [-0.2, -0.15) is 0 Å². The third-order valence-electron chi connectivity index (χ3n) is 4.42. The highest BCUT2D eigenvalue weighted by atomic mass is 16.3. The van der Waals surface area contributed by atoms with Gasteiger partial charge in [0.2, 0.25) is 0 Å². The van der Waals surface area contributed by atoms with Gasteiger partial charge in [-0.25, -0.2) is 0 Å². The van der Waals surface area contributed by atoms with E-state index in [9.17, 15) is 9.90 Å². The number of hydrogen-bond acceptors (Lipinski definition) is 3. The number of carbonyl (C=O) groups excluding carboxylic acids is 1. The van der Waals surface area contributed by atoms with Gasteiger partial charge < -0.3 is 5.11 Å². The Labute approximate surface area is 140 Å². The number of fused-ring (bicyclic) bond motifs is 1. The van der Waals surface area contributed by atoms with E-state index in [1.807, 2.05) is 60.7 Å². The summed E-state index contributed by atoms with van der Waals surface area (Å²) in [6.45, 7) is 0.319. The van der Waals surface area contributed by atoms with Crippen LogP contribution in [0.2, 0.25) is 0 Å². The van der Waals surface area contributed by atoms with Crippen molar-refractivity contribution in [3.63, 3.8) is 0 Å². The third kappa shape index (κ3) is 2.12. The summed E-state index contributed by atoms with van der Waals surface area (Å²) in [4.78, 5) is 18.5. The molecule has 4 heteroatoms. The zero-order valence-corrected chi connectivity index (χ0v) is 13.0. The van der Waals surface area contributed by atoms with Crippen LogP contribution in [0.1, 0.15) is 27.0 Å². The Morgan fingerprint density at radius 2 is 1.62 bits per heavy atom. The molecule has 1 atom stereocenters. The molecule has 24 heavy (non-hydrogen) atoms. The highest BCUT2D eigenvalue weighted by Gasteiger charge is 2.49. The summed E-state index contributed by atoms with van der Waals surface area (Å²) in [6, 6.07) is 20.6. The van der Waals surface area contributed by atoms with Crippen LogP contribution in [0.15, 0.2) is 79.1 Å². The summed E-state index contributed by atoms with van der Waals surface area (Å²) in [5.74, 6) is -0.215. The first-order chi connectivity index (χ1) is 11.7. The predicted octanol–water partition coefficient (Wildman–Crippen LogP) is 2.93. The Morgan fingerprint density at radius 1 is 0.958 bits per heavy atom. The highest BCUT2D eigenvalue weighted by molar-refractivity contribution is 6.00. The molecule has 0 unspecified atom stereocenters. The van der Waals surface area contributed by atoms with E-state index in [-0.39, 0.29) is 5.91 Å². The van der Waals surface area contributed by atoms with Crippen molar-refractivity contribution in [1.82, 2.24) is 9.88 Å². The van der Waals surface area contributed by atoms with E-state index in [0.29, 0.717) is 23.2 Å². The summed E-state index contributed by atoms with van der Waals surface area (Å²) >= 11 is 0. The van der Waals surface area contributed by atoms with E-state index in [1.54, 1.807) is 12.3 Å². The van der Waals surface area contributed by atoms with Crippen molar-refractivity contribution in [2.24, 2.45) is 0 Å². The van der Waals surface area contributed by atoms with Crippen molar-refractivity contribution in [2.45, 2.75) is 12.3 Å². The first-order valence-electron chi connectivity index (χ1n) is 7.79. The smallest absolute Gasteiger partial charge is 0.258 e. The molecule has 0 fully saturated rings. The molecular formula is C20H16N2O2. The van der Waals surface area contributed by atoms with Gasteiger partial charge in [-0.1, -0.05) is 60.7 Å². The molecule has 3 aromatic rings. The first-order valence-corrected chi connectivity index (χ1v) is 7.79. The highest BCUT2D eigenvalue weighted by Crippen LogP contribution is 2.42. The van der Waals surface area contributed by atoms with Crippen molar-refractivity contribution in [3.8, 4) is 0 Å². The van der Waals surface area contributed by atoms with Crippen LogP contribution in [-0.2, 0) is 12.3 Å². The third-order valence-corrected chi connectivity index (χ3v) is 4.42. The number of nitrogens with zero attached hydrogens (tertiary/aromatic N) is 2. The summed E-state index contributed by atoms with van der Waals surface area (Å²) in [5, 5.41) is 11.6. The fraction of sp³-hybridized carbons (Fsp3) is 0.100. The normalized spacial score (nSPS) is 19.4. The number of aromatic nitrogens is 1. The van der Waals surface area contributed by atoms with Crippen molar-refractivity contribution >= 4 is 5.91 Å². The SMILES string of the molecule is O=C1c2cnccc2[C@@](O)(c2ccccc2)N1Cc1ccccc1. The molecule has 1 N–H and O–H groups in total. The lowest BCUT2D eigenvalue weighted by Crippen LogP contribution is -2.44. The van der Waals surface area contributed by atoms with E-state index in [2.05, 4.69) is 4.98 Å². The number of rotatable bonds is 3. The zero-order chi connectivity index (χ0) is 16.6. The number of carbonyl (C=O) groups is 1. The first kappa shape index (κ1) is 14.6. The van der Waals surface area contributed by atoms with E-state index in [0.717, 1.165) is 5.56 Å². The molecule has 1 aromatic heterocycles. The number of pyridine rings is 1. The van der Waals surface area contributed by atoms with Crippen LogP contribution in [0.25, 0.3) is 0 Å². The summed E-state index contributed by atoms with van der Waals surface area (Å²) in [7, 11) is 0. The van der Waals surface area contributed by atoms with Gasteiger partial charge in [0.25, 0.3) is 5.91 Å². The zero-order valence-electron chi connectivity index (χ0n) is 13.0. The minimum atomic E-state index is -1.49. The Morgan fingerprint density at radius 3 is 2.33 bits per heavy atom. The summed E-state index contributed by atoms with van der Waals surface area (Å²) in [5.41, 5.74) is 1.15. The van der Waals surface area contributed by atoms with Gasteiger partial charge in [-0.05, 0) is 11.6 Å². The maximum Gasteiger partial charge on any atom is 0.258 e. The molecule has 4 rings (SSSR count). The van der Waals surface area contributed by atoms with Crippen LogP contribution in [0.4, 0.5) is 0 Å². The van der Waals surface area contributed by atoms with Crippen LogP contribution in [-0.4, -0.2) is 20.9 Å². The largest absolute Gasteiger partial charge is 0.363 e. The molecule has 1 amide bonds. The monoisotopic (exact) mass is 316 g/mol. The molecule has 0 spiro atoms. The topological polar surface area (TPSA) is 53.4 Å². The number of hydrogen-bond donors (Lipinski definition) is 1. The van der Waals surface area contributed by atoms with E-state index < -0.39 is 5.72 Å². The van der Waals surface area contributed by atoms with Crippen molar-refractivity contribution < 1.29 is 9.90 Å². The second kappa shape index (κ2) is 5.58. The molecule has 1 aliphatic heterocycles. The Balaban J connectivity index is 1.87. The Bertz CT molecular complexity index is 880. The Kier molecular flexibility index (Phi) is 3.40. The lowest BCUT2D eigenvalue weighted by molar-refractivity contribution is -0.0543. The predicted molar refractivity (Wildman–Crippen MR) is 90.0 cm³/mol. The van der Waals surface area contributed by atoms with Crippen LogP contribution < -0.4 is 0 Å². The number of aliphatic hydroxyl groups is 1. The lowest BCUT2D eigenvalue weighted by Gasteiger charge is -2.35. The fourth-order valence-electron chi connectivity index (χ4n) is 3.24. The van der Waals surface area contributed by atoms with Gasteiger partial charge in [0.05, 0.1) is 5.56 Å². The molecule has 0 radical (unpaired) electrons. The molecule has 4 nitrogen and oxygen atoms in total.